The number of carbonyl (C=O) groups is 2. The minimum Gasteiger partial charge on any atom is -0.507 e. The number of ether oxygens (including phenoxy) is 1. The summed E-state index contributed by atoms with van der Waals surface area (Å²) in [5.74, 6) is 0.702. The van der Waals surface area contributed by atoms with Crippen molar-refractivity contribution in [1.82, 2.24) is 9.88 Å². The van der Waals surface area contributed by atoms with E-state index in [1.807, 2.05) is 48.5 Å². The van der Waals surface area contributed by atoms with Gasteiger partial charge in [0.25, 0.3) is 5.91 Å². The summed E-state index contributed by atoms with van der Waals surface area (Å²) in [5, 5.41) is 15.1. The predicted octanol–water partition coefficient (Wildman–Crippen LogP) is 5.17. The highest BCUT2D eigenvalue weighted by Crippen LogP contribution is 2.40. The first kappa shape index (κ1) is 26.1. The molecule has 0 saturated heterocycles. The lowest BCUT2D eigenvalue weighted by molar-refractivity contribution is 0.0955. The third-order valence-electron chi connectivity index (χ3n) is 6.17. The average Bonchev–Trinajstić information content (AvgIpc) is 3.05. The van der Waals surface area contributed by atoms with Crippen molar-refractivity contribution < 1.29 is 19.4 Å². The fourth-order valence-electron chi connectivity index (χ4n) is 4.22. The number of rotatable bonds is 6. The molecular formula is C28H37N3O4. The molecule has 1 amide bonds. The summed E-state index contributed by atoms with van der Waals surface area (Å²) in [6, 6.07) is 7.04. The first-order valence-corrected chi connectivity index (χ1v) is 11.9. The van der Waals surface area contributed by atoms with Crippen LogP contribution in [-0.2, 0) is 17.4 Å². The lowest BCUT2D eigenvalue weighted by Gasteiger charge is -2.28. The van der Waals surface area contributed by atoms with Gasteiger partial charge >= 0.3 is 0 Å². The van der Waals surface area contributed by atoms with Crippen molar-refractivity contribution in [2.24, 2.45) is 0 Å². The molecule has 0 atom stereocenters. The molecule has 1 heterocycles. The Bertz CT molecular complexity index is 1260. The molecule has 0 bridgehead atoms. The van der Waals surface area contributed by atoms with Crippen LogP contribution in [0.3, 0.4) is 0 Å². The van der Waals surface area contributed by atoms with Gasteiger partial charge in [-0.3, -0.25) is 9.59 Å². The van der Waals surface area contributed by atoms with E-state index in [2.05, 4.69) is 5.32 Å². The van der Waals surface area contributed by atoms with Gasteiger partial charge in [0.05, 0.1) is 18.7 Å². The number of nitrogens with zero attached hydrogens (tertiary/aromatic N) is 1. The van der Waals surface area contributed by atoms with Crippen molar-refractivity contribution in [2.75, 3.05) is 19.4 Å². The first-order chi connectivity index (χ1) is 16.2. The fraction of sp³-hybridized carbons (Fsp3) is 0.429. The molecule has 1 aromatic heterocycles. The zero-order valence-electron chi connectivity index (χ0n) is 22.0. The van der Waals surface area contributed by atoms with Crippen LogP contribution in [0.1, 0.15) is 80.3 Å². The number of hydrogen-bond donors (Lipinski definition) is 3. The van der Waals surface area contributed by atoms with E-state index in [4.69, 9.17) is 10.5 Å². The van der Waals surface area contributed by atoms with E-state index in [0.29, 0.717) is 34.7 Å². The second-order valence-electron chi connectivity index (χ2n) is 10.9. The number of ketones is 1. The van der Waals surface area contributed by atoms with Gasteiger partial charge in [0.1, 0.15) is 17.3 Å². The number of aromatic hydroxyl groups is 1. The molecule has 188 valence electrons. The van der Waals surface area contributed by atoms with E-state index in [1.54, 1.807) is 42.1 Å². The van der Waals surface area contributed by atoms with Crippen LogP contribution in [0.5, 0.6) is 11.5 Å². The summed E-state index contributed by atoms with van der Waals surface area (Å²) in [5.41, 5.74) is 8.12. The van der Waals surface area contributed by atoms with E-state index in [-0.39, 0.29) is 34.8 Å². The van der Waals surface area contributed by atoms with Crippen molar-refractivity contribution in [3.05, 3.63) is 52.7 Å². The summed E-state index contributed by atoms with van der Waals surface area (Å²) >= 11 is 0. The number of phenolic OH excluding ortho intramolecular Hbond substituents is 1. The Morgan fingerprint density at radius 1 is 1.03 bits per heavy atom. The minimum absolute atomic E-state index is 0.0255. The number of Topliss-reactive ketones (excluding diaryl/α,β-unsaturated/α-hetero) is 1. The van der Waals surface area contributed by atoms with Gasteiger partial charge in [-0.05, 0) is 42.0 Å². The van der Waals surface area contributed by atoms with Crippen LogP contribution in [0.15, 0.2) is 30.5 Å². The SMILES string of the molecule is CCOc1cc2cn(CC(=O)c3cc(C(C)(C)C)c(O)c(C(C)(C)C)c3)c(N)c2cc1C(=O)NC. The minimum atomic E-state index is -0.340. The maximum Gasteiger partial charge on any atom is 0.254 e. The van der Waals surface area contributed by atoms with E-state index < -0.39 is 0 Å². The second-order valence-corrected chi connectivity index (χ2v) is 10.9. The standard InChI is InChI=1S/C28H37N3O4/c1-9-35-23-12-17-14-31(25(29)18(17)13-19(23)26(34)30-8)15-22(32)16-10-20(27(2,3)4)24(33)21(11-16)28(5,6)7/h10-14,33H,9,15,29H2,1-8H3,(H,30,34). The molecule has 0 fully saturated rings. The van der Waals surface area contributed by atoms with Crippen LogP contribution < -0.4 is 15.8 Å². The van der Waals surface area contributed by atoms with Gasteiger partial charge in [0, 0.05) is 40.7 Å². The van der Waals surface area contributed by atoms with Crippen LogP contribution in [0.4, 0.5) is 5.82 Å². The predicted molar refractivity (Wildman–Crippen MR) is 141 cm³/mol. The third kappa shape index (κ3) is 5.14. The number of aromatic nitrogens is 1. The van der Waals surface area contributed by atoms with Gasteiger partial charge in [-0.25, -0.2) is 0 Å². The van der Waals surface area contributed by atoms with Crippen LogP contribution in [0, 0.1) is 0 Å². The fourth-order valence-corrected chi connectivity index (χ4v) is 4.22. The molecule has 0 aliphatic carbocycles. The third-order valence-corrected chi connectivity index (χ3v) is 6.17. The molecule has 0 spiro atoms. The number of phenols is 1. The monoisotopic (exact) mass is 479 g/mol. The maximum atomic E-state index is 13.5. The van der Waals surface area contributed by atoms with Crippen molar-refractivity contribution in [3.63, 3.8) is 0 Å². The molecule has 3 aromatic rings. The molecule has 0 saturated carbocycles. The number of nitrogen functional groups attached to an aromatic ring is 1. The number of amides is 1. The number of fused-ring (bicyclic) bond motifs is 1. The molecule has 0 radical (unpaired) electrons. The Morgan fingerprint density at radius 3 is 2.09 bits per heavy atom. The van der Waals surface area contributed by atoms with Gasteiger partial charge in [0.2, 0.25) is 0 Å². The Labute approximate surface area is 207 Å². The van der Waals surface area contributed by atoms with Crippen molar-refractivity contribution in [3.8, 4) is 11.5 Å². The van der Waals surface area contributed by atoms with E-state index in [1.165, 1.54) is 0 Å². The lowest BCUT2D eigenvalue weighted by Crippen LogP contribution is -2.20. The Balaban J connectivity index is 2.08. The zero-order valence-corrected chi connectivity index (χ0v) is 22.0. The van der Waals surface area contributed by atoms with E-state index in [9.17, 15) is 14.7 Å². The number of nitrogens with one attached hydrogen (secondary N) is 1. The van der Waals surface area contributed by atoms with Crippen molar-refractivity contribution in [1.29, 1.82) is 0 Å². The van der Waals surface area contributed by atoms with E-state index >= 15 is 0 Å². The topological polar surface area (TPSA) is 107 Å². The summed E-state index contributed by atoms with van der Waals surface area (Å²) in [7, 11) is 1.56. The van der Waals surface area contributed by atoms with Gasteiger partial charge < -0.3 is 25.5 Å². The molecule has 0 aliphatic heterocycles. The number of nitrogens with two attached hydrogens (primary N) is 1. The molecule has 7 nitrogen and oxygen atoms in total. The highest BCUT2D eigenvalue weighted by molar-refractivity contribution is 6.05. The van der Waals surface area contributed by atoms with Gasteiger partial charge in [-0.2, -0.15) is 0 Å². The van der Waals surface area contributed by atoms with Gasteiger partial charge in [-0.1, -0.05) is 41.5 Å². The van der Waals surface area contributed by atoms with Crippen molar-refractivity contribution in [2.45, 2.75) is 65.8 Å². The number of benzene rings is 2. The first-order valence-electron chi connectivity index (χ1n) is 11.9. The normalized spacial score (nSPS) is 12.1. The largest absolute Gasteiger partial charge is 0.507 e. The highest BCUT2D eigenvalue weighted by Gasteiger charge is 2.28. The summed E-state index contributed by atoms with van der Waals surface area (Å²) in [4.78, 5) is 25.8. The lowest BCUT2D eigenvalue weighted by atomic mass is 9.78. The van der Waals surface area contributed by atoms with Gasteiger partial charge in [0.15, 0.2) is 5.78 Å². The molecule has 0 aliphatic rings. The Morgan fingerprint density at radius 2 is 1.60 bits per heavy atom. The van der Waals surface area contributed by atoms with Gasteiger partial charge in [-0.15, -0.1) is 0 Å². The molecule has 35 heavy (non-hydrogen) atoms. The maximum absolute atomic E-state index is 13.5. The molecule has 3 rings (SSSR count). The summed E-state index contributed by atoms with van der Waals surface area (Å²) in [6.45, 7) is 14.4. The van der Waals surface area contributed by atoms with Crippen LogP contribution in [-0.4, -0.2) is 35.0 Å². The molecule has 7 heteroatoms. The quantitative estimate of drug-likeness (QED) is 0.423. The molecule has 4 N–H and O–H groups in total. The average molecular weight is 480 g/mol. The highest BCUT2D eigenvalue weighted by atomic mass is 16.5. The second kappa shape index (κ2) is 9.29. The van der Waals surface area contributed by atoms with Crippen LogP contribution in [0.25, 0.3) is 10.8 Å². The number of anilines is 1. The summed E-state index contributed by atoms with van der Waals surface area (Å²) < 4.78 is 7.36. The smallest absolute Gasteiger partial charge is 0.254 e. The van der Waals surface area contributed by atoms with Crippen LogP contribution in [0.2, 0.25) is 0 Å². The molecular weight excluding hydrogens is 442 g/mol. The zero-order chi connectivity index (χ0) is 26.3. The van der Waals surface area contributed by atoms with E-state index in [0.717, 1.165) is 16.5 Å². The number of hydrogen-bond acceptors (Lipinski definition) is 5. The Kier molecular flexibility index (Phi) is 6.93. The van der Waals surface area contributed by atoms with Crippen LogP contribution >= 0.6 is 0 Å². The molecule has 0 unspecified atom stereocenters. The number of carbonyl (C=O) groups excluding carboxylic acids is 2. The Hall–Kier alpha value is -3.48. The summed E-state index contributed by atoms with van der Waals surface area (Å²) in [6.07, 6.45) is 1.80. The van der Waals surface area contributed by atoms with Crippen molar-refractivity contribution >= 4 is 28.3 Å². The molecule has 2 aromatic carbocycles.